The van der Waals surface area contributed by atoms with E-state index in [2.05, 4.69) is 0 Å². The zero-order valence-electron chi connectivity index (χ0n) is 13.8. The van der Waals surface area contributed by atoms with E-state index in [4.69, 9.17) is 15.1 Å². The fourth-order valence-corrected chi connectivity index (χ4v) is 2.71. The Morgan fingerprint density at radius 1 is 1.16 bits per heavy atom. The number of ketones is 1. The number of hydrogen-bond acceptors (Lipinski definition) is 5. The largest absolute Gasteiger partial charge is 0.480 e. The number of Topliss-reactive ketones (excluding diaryl/α,β-unsaturated/α-hetero) is 1. The molecule has 1 amide bonds. The Labute approximate surface area is 145 Å². The van der Waals surface area contributed by atoms with Crippen LogP contribution in [0.25, 0.3) is 0 Å². The highest BCUT2D eigenvalue weighted by Crippen LogP contribution is 2.16. The topological polar surface area (TPSA) is 108 Å². The first-order valence-corrected chi connectivity index (χ1v) is 8.14. The number of benzene rings is 1. The first-order chi connectivity index (χ1) is 12.0. The number of carbonyl (C=O) groups is 3. The third-order valence-corrected chi connectivity index (χ3v) is 4.14. The standard InChI is InChI=1S/C18H20N2O5/c19-11-13-1-3-14(4-2-13)16(21)5-6-17(22)20-9-7-15(8-10-20)25-12-18(23)24/h1-4,15H,5-10,12H2,(H,23,24). The fourth-order valence-electron chi connectivity index (χ4n) is 2.71. The van der Waals surface area contributed by atoms with Crippen LogP contribution >= 0.6 is 0 Å². The summed E-state index contributed by atoms with van der Waals surface area (Å²) in [6.45, 7) is 0.695. The van der Waals surface area contributed by atoms with Crippen molar-refractivity contribution < 1.29 is 24.2 Å². The summed E-state index contributed by atoms with van der Waals surface area (Å²) in [4.78, 5) is 36.5. The molecule has 1 aliphatic heterocycles. The molecule has 1 heterocycles. The van der Waals surface area contributed by atoms with E-state index in [0.717, 1.165) is 0 Å². The highest BCUT2D eigenvalue weighted by atomic mass is 16.5. The molecule has 1 fully saturated rings. The molecular formula is C18H20N2O5. The van der Waals surface area contributed by atoms with Gasteiger partial charge in [0.1, 0.15) is 6.61 Å². The molecule has 132 valence electrons. The first-order valence-electron chi connectivity index (χ1n) is 8.14. The number of aliphatic carboxylic acids is 1. The molecule has 0 bridgehead atoms. The molecule has 0 saturated carbocycles. The average molecular weight is 344 g/mol. The van der Waals surface area contributed by atoms with Crippen molar-refractivity contribution in [3.8, 4) is 6.07 Å². The summed E-state index contributed by atoms with van der Waals surface area (Å²) >= 11 is 0. The van der Waals surface area contributed by atoms with Crippen molar-refractivity contribution in [1.29, 1.82) is 5.26 Å². The van der Waals surface area contributed by atoms with E-state index in [1.165, 1.54) is 0 Å². The van der Waals surface area contributed by atoms with E-state index in [-0.39, 0.29) is 37.2 Å². The number of nitriles is 1. The van der Waals surface area contributed by atoms with Crippen LogP contribution in [0, 0.1) is 11.3 Å². The van der Waals surface area contributed by atoms with Gasteiger partial charge in [-0.05, 0) is 25.0 Å². The van der Waals surface area contributed by atoms with Gasteiger partial charge >= 0.3 is 5.97 Å². The van der Waals surface area contributed by atoms with E-state index in [1.54, 1.807) is 29.2 Å². The predicted octanol–water partition coefficient (Wildman–Crippen LogP) is 1.61. The van der Waals surface area contributed by atoms with Crippen molar-refractivity contribution >= 4 is 17.7 Å². The maximum absolute atomic E-state index is 12.2. The summed E-state index contributed by atoms with van der Waals surface area (Å²) in [6.07, 6.45) is 1.32. The molecule has 2 rings (SSSR count). The van der Waals surface area contributed by atoms with Gasteiger partial charge in [-0.3, -0.25) is 9.59 Å². The Morgan fingerprint density at radius 2 is 1.80 bits per heavy atom. The lowest BCUT2D eigenvalue weighted by Crippen LogP contribution is -2.41. The molecule has 7 heteroatoms. The average Bonchev–Trinajstić information content (AvgIpc) is 2.64. The first kappa shape index (κ1) is 18.6. The molecule has 0 spiro atoms. The molecule has 25 heavy (non-hydrogen) atoms. The van der Waals surface area contributed by atoms with Gasteiger partial charge in [0.15, 0.2) is 5.78 Å². The normalized spacial score (nSPS) is 14.8. The Kier molecular flexibility index (Phi) is 6.66. The van der Waals surface area contributed by atoms with Crippen molar-refractivity contribution in [3.05, 3.63) is 35.4 Å². The summed E-state index contributed by atoms with van der Waals surface area (Å²) in [7, 11) is 0. The fraction of sp³-hybridized carbons (Fsp3) is 0.444. The molecule has 1 aromatic carbocycles. The van der Waals surface area contributed by atoms with E-state index < -0.39 is 5.97 Å². The minimum Gasteiger partial charge on any atom is -0.480 e. The molecular weight excluding hydrogens is 324 g/mol. The lowest BCUT2D eigenvalue weighted by molar-refractivity contribution is -0.146. The summed E-state index contributed by atoms with van der Waals surface area (Å²) in [5.41, 5.74) is 0.980. The third kappa shape index (κ3) is 5.69. The maximum Gasteiger partial charge on any atom is 0.329 e. The summed E-state index contributed by atoms with van der Waals surface area (Å²) in [6, 6.07) is 8.34. The Bertz CT molecular complexity index is 670. The molecule has 0 unspecified atom stereocenters. The SMILES string of the molecule is N#Cc1ccc(C(=O)CCC(=O)N2CCC(OCC(=O)O)CC2)cc1. The van der Waals surface area contributed by atoms with Crippen LogP contribution in [0.3, 0.4) is 0 Å². The number of nitrogens with zero attached hydrogens (tertiary/aromatic N) is 2. The molecule has 0 aromatic heterocycles. The second kappa shape index (κ2) is 8.94. The van der Waals surface area contributed by atoms with Gasteiger partial charge in [0.25, 0.3) is 0 Å². The zero-order valence-corrected chi connectivity index (χ0v) is 13.8. The predicted molar refractivity (Wildman–Crippen MR) is 87.9 cm³/mol. The van der Waals surface area contributed by atoms with Gasteiger partial charge in [-0.15, -0.1) is 0 Å². The van der Waals surface area contributed by atoms with Crippen molar-refractivity contribution in [1.82, 2.24) is 4.90 Å². The number of likely N-dealkylation sites (tertiary alicyclic amines) is 1. The van der Waals surface area contributed by atoms with Crippen molar-refractivity contribution in [2.45, 2.75) is 31.8 Å². The third-order valence-electron chi connectivity index (χ3n) is 4.14. The molecule has 1 aromatic rings. The van der Waals surface area contributed by atoms with E-state index in [1.807, 2.05) is 6.07 Å². The van der Waals surface area contributed by atoms with Crippen LogP contribution in [0.4, 0.5) is 0 Å². The Hall–Kier alpha value is -2.72. The number of hydrogen-bond donors (Lipinski definition) is 1. The molecule has 1 aliphatic rings. The summed E-state index contributed by atoms with van der Waals surface area (Å²) < 4.78 is 5.23. The van der Waals surface area contributed by atoms with Crippen molar-refractivity contribution in [3.63, 3.8) is 0 Å². The quantitative estimate of drug-likeness (QED) is 0.753. The van der Waals surface area contributed by atoms with Crippen molar-refractivity contribution in [2.75, 3.05) is 19.7 Å². The molecule has 1 saturated heterocycles. The van der Waals surface area contributed by atoms with Gasteiger partial charge in [-0.25, -0.2) is 4.79 Å². The Balaban J connectivity index is 1.74. The number of rotatable bonds is 7. The number of piperidine rings is 1. The monoisotopic (exact) mass is 344 g/mol. The molecule has 0 aliphatic carbocycles. The van der Waals surface area contributed by atoms with Gasteiger partial charge in [-0.1, -0.05) is 12.1 Å². The Morgan fingerprint density at radius 3 is 2.36 bits per heavy atom. The van der Waals surface area contributed by atoms with Crippen LogP contribution in [0.1, 0.15) is 41.6 Å². The van der Waals surface area contributed by atoms with Gasteiger partial charge in [-0.2, -0.15) is 5.26 Å². The van der Waals surface area contributed by atoms with E-state index in [0.29, 0.717) is 37.1 Å². The smallest absolute Gasteiger partial charge is 0.329 e. The van der Waals surface area contributed by atoms with Crippen LogP contribution < -0.4 is 0 Å². The molecule has 7 nitrogen and oxygen atoms in total. The highest BCUT2D eigenvalue weighted by molar-refractivity contribution is 5.98. The van der Waals surface area contributed by atoms with Crippen LogP contribution in [0.2, 0.25) is 0 Å². The summed E-state index contributed by atoms with van der Waals surface area (Å²) in [5, 5.41) is 17.3. The lowest BCUT2D eigenvalue weighted by atomic mass is 10.0. The van der Waals surface area contributed by atoms with Gasteiger partial charge in [0, 0.05) is 31.5 Å². The van der Waals surface area contributed by atoms with Gasteiger partial charge in [0.2, 0.25) is 5.91 Å². The van der Waals surface area contributed by atoms with Gasteiger partial charge in [0.05, 0.1) is 17.7 Å². The van der Waals surface area contributed by atoms with Crippen LogP contribution in [-0.2, 0) is 14.3 Å². The second-order valence-corrected chi connectivity index (χ2v) is 5.90. The minimum absolute atomic E-state index is 0.0846. The molecule has 1 N–H and O–H groups in total. The number of carboxylic acid groups (broad SMARTS) is 1. The van der Waals surface area contributed by atoms with E-state index >= 15 is 0 Å². The van der Waals surface area contributed by atoms with Crippen molar-refractivity contribution in [2.24, 2.45) is 0 Å². The van der Waals surface area contributed by atoms with E-state index in [9.17, 15) is 14.4 Å². The number of carboxylic acids is 1. The molecule has 0 atom stereocenters. The zero-order chi connectivity index (χ0) is 18.2. The van der Waals surface area contributed by atoms with Crippen LogP contribution in [0.5, 0.6) is 0 Å². The number of carbonyl (C=O) groups excluding carboxylic acids is 2. The highest BCUT2D eigenvalue weighted by Gasteiger charge is 2.24. The number of amides is 1. The minimum atomic E-state index is -1.00. The van der Waals surface area contributed by atoms with Crippen LogP contribution in [-0.4, -0.2) is 53.5 Å². The second-order valence-electron chi connectivity index (χ2n) is 5.90. The number of ether oxygens (including phenoxy) is 1. The summed E-state index contributed by atoms with van der Waals surface area (Å²) in [5.74, 6) is -1.21. The maximum atomic E-state index is 12.2. The lowest BCUT2D eigenvalue weighted by Gasteiger charge is -2.31. The van der Waals surface area contributed by atoms with Crippen LogP contribution in [0.15, 0.2) is 24.3 Å². The van der Waals surface area contributed by atoms with Gasteiger partial charge < -0.3 is 14.7 Å². The molecule has 0 radical (unpaired) electrons.